The third-order valence-electron chi connectivity index (χ3n) is 14.9. The number of fused-ring (bicyclic) bond motifs is 1. The van der Waals surface area contributed by atoms with E-state index in [1.165, 1.54) is 0 Å². The number of ether oxygens (including phenoxy) is 1. The Bertz CT molecular complexity index is 2990. The fourth-order valence-corrected chi connectivity index (χ4v) is 12.8. The first-order valence-corrected chi connectivity index (χ1v) is 27.7. The highest BCUT2D eigenvalue weighted by atomic mass is 79.9. The number of aryl methyl sites for hydroxylation is 2. The van der Waals surface area contributed by atoms with Crippen molar-refractivity contribution in [3.05, 3.63) is 87.8 Å². The van der Waals surface area contributed by atoms with Crippen molar-refractivity contribution in [1.29, 1.82) is 0 Å². The van der Waals surface area contributed by atoms with Gasteiger partial charge in [-0.25, -0.2) is 4.98 Å². The lowest BCUT2D eigenvalue weighted by Crippen LogP contribution is -2.61. The summed E-state index contributed by atoms with van der Waals surface area (Å²) in [5.74, 6) is 0.226. The molecule has 0 radical (unpaired) electrons. The van der Waals surface area contributed by atoms with E-state index in [-0.39, 0.29) is 18.7 Å². The number of piperidine rings is 2. The highest BCUT2D eigenvalue weighted by Gasteiger charge is 2.45. The Morgan fingerprint density at radius 2 is 1.59 bits per heavy atom. The molecule has 2 aromatic heterocycles. The molecule has 7 heterocycles. The van der Waals surface area contributed by atoms with Crippen molar-refractivity contribution in [2.75, 3.05) is 99.8 Å². The summed E-state index contributed by atoms with van der Waals surface area (Å²) in [5, 5.41) is 14.4. The van der Waals surface area contributed by atoms with Crippen LogP contribution < -0.4 is 35.8 Å². The molecule has 0 bridgehead atoms. The molecule has 5 aliphatic rings. The average Bonchev–Trinajstić information content (AvgIpc) is 3.87. The number of halogens is 1. The number of anilines is 6. The minimum absolute atomic E-state index is 0.0925. The monoisotopic (exact) mass is 1050 g/mol. The van der Waals surface area contributed by atoms with E-state index in [1.807, 2.05) is 56.2 Å². The van der Waals surface area contributed by atoms with E-state index in [9.17, 15) is 23.7 Å². The van der Waals surface area contributed by atoms with Gasteiger partial charge in [0.2, 0.25) is 17.8 Å². The first kappa shape index (κ1) is 48.5. The predicted octanol–water partition coefficient (Wildman–Crippen LogP) is 6.12. The van der Waals surface area contributed by atoms with Crippen molar-refractivity contribution in [2.45, 2.75) is 51.6 Å². The van der Waals surface area contributed by atoms with Crippen LogP contribution in [0.3, 0.4) is 0 Å². The highest BCUT2D eigenvalue weighted by Crippen LogP contribution is 2.43. The van der Waals surface area contributed by atoms with E-state index in [0.717, 1.165) is 121 Å². The Morgan fingerprint density at radius 1 is 0.845 bits per heavy atom. The minimum atomic E-state index is -2.63. The van der Waals surface area contributed by atoms with Gasteiger partial charge in [0.05, 0.1) is 40.3 Å². The number of rotatable bonds is 13. The van der Waals surface area contributed by atoms with Gasteiger partial charge < -0.3 is 29.7 Å². The average molecular weight is 1050 g/mol. The SMILES string of the molecule is COc1cc(N2CCN(CC3CCN(C4CN(c5ccc6c(c5)C(=O)N(C5CCC(=O)NC5=O)C6=O)C4)CC3)CC2)c(-c2cnn(C)c2)cc1Nc1ncc(Br)c(Nc2ccc(C)c(C)c2P(C)(C)=O)n1. The number of aromatic nitrogens is 4. The van der Waals surface area contributed by atoms with Crippen molar-refractivity contribution in [3.8, 4) is 16.9 Å². The molecule has 3 aromatic carbocycles. The summed E-state index contributed by atoms with van der Waals surface area (Å²) in [4.78, 5) is 71.2. The molecule has 71 heavy (non-hydrogen) atoms. The molecule has 20 heteroatoms. The van der Waals surface area contributed by atoms with E-state index in [1.54, 1.807) is 38.8 Å². The lowest BCUT2D eigenvalue weighted by atomic mass is 9.93. The van der Waals surface area contributed by atoms with Crippen LogP contribution in [-0.4, -0.2) is 150 Å². The second-order valence-corrected chi connectivity index (χ2v) is 23.9. The summed E-state index contributed by atoms with van der Waals surface area (Å²) in [6.45, 7) is 16.1. The second-order valence-electron chi connectivity index (χ2n) is 19.9. The first-order chi connectivity index (χ1) is 34.0. The van der Waals surface area contributed by atoms with Crippen LogP contribution in [0.5, 0.6) is 5.75 Å². The molecule has 1 atom stereocenters. The fourth-order valence-electron chi connectivity index (χ4n) is 10.8. The smallest absolute Gasteiger partial charge is 0.262 e. The Hall–Kier alpha value is -6.14. The molecule has 4 fully saturated rings. The number of carbonyl (C=O) groups excluding carboxylic acids is 4. The third kappa shape index (κ3) is 9.68. The number of hydrogen-bond donors (Lipinski definition) is 3. The number of nitrogens with one attached hydrogen (secondary N) is 3. The van der Waals surface area contributed by atoms with Gasteiger partial charge in [-0.3, -0.25) is 43.9 Å². The van der Waals surface area contributed by atoms with Gasteiger partial charge in [0, 0.05) is 112 Å². The van der Waals surface area contributed by atoms with Gasteiger partial charge in [-0.15, -0.1) is 0 Å². The van der Waals surface area contributed by atoms with Crippen LogP contribution >= 0.6 is 23.1 Å². The maximum absolute atomic E-state index is 13.5. The number of carbonyl (C=O) groups is 4. The fraction of sp³-hybridized carbons (Fsp3) is 0.431. The van der Waals surface area contributed by atoms with E-state index < -0.39 is 30.9 Å². The number of imide groups is 2. The molecular weight excluding hydrogens is 988 g/mol. The second kappa shape index (κ2) is 19.5. The Morgan fingerprint density at radius 3 is 2.28 bits per heavy atom. The largest absolute Gasteiger partial charge is 0.494 e. The molecule has 372 valence electrons. The van der Waals surface area contributed by atoms with E-state index in [4.69, 9.17) is 9.72 Å². The van der Waals surface area contributed by atoms with Gasteiger partial charge >= 0.3 is 0 Å². The Kier molecular flexibility index (Phi) is 13.3. The van der Waals surface area contributed by atoms with Crippen LogP contribution in [0.15, 0.2) is 65.5 Å². The molecule has 18 nitrogen and oxygen atoms in total. The molecule has 1 unspecified atom stereocenters. The summed E-state index contributed by atoms with van der Waals surface area (Å²) in [5.41, 5.74) is 8.12. The zero-order valence-corrected chi connectivity index (χ0v) is 43.5. The van der Waals surface area contributed by atoms with Gasteiger partial charge in [0.25, 0.3) is 11.8 Å². The standard InChI is InChI=1S/C51H60BrN12O6P/c1-30-7-10-40(46(31(30)2)71(5,6)69)55-47-39(52)25-53-51(58-47)56-41-22-37(33-24-54-59(3)27-33)43(23-44(41)70-4)62-19-17-60(18-20-62)26-32-13-15-61(16-14-32)35-28-63(29-35)34-8-9-36-38(21-34)50(68)64(49(36)67)42-11-12-45(65)57-48(42)66/h7-10,21-25,27,32,35,42H,11-20,26,28-29H2,1-6H3,(H,57,65,66)(H2,53,55,56,58). The maximum atomic E-state index is 13.5. The van der Waals surface area contributed by atoms with Crippen LogP contribution in [-0.2, 0) is 21.2 Å². The number of nitrogens with zero attached hydrogens (tertiary/aromatic N) is 9. The van der Waals surface area contributed by atoms with Crippen molar-refractivity contribution in [1.82, 2.24) is 39.8 Å². The number of likely N-dealkylation sites (tertiary alicyclic amines) is 1. The zero-order chi connectivity index (χ0) is 49.9. The first-order valence-electron chi connectivity index (χ1n) is 24.3. The van der Waals surface area contributed by atoms with Gasteiger partial charge in [-0.1, -0.05) is 6.07 Å². The molecule has 3 N–H and O–H groups in total. The molecule has 5 aromatic rings. The van der Waals surface area contributed by atoms with Gasteiger partial charge in [-0.2, -0.15) is 10.1 Å². The van der Waals surface area contributed by atoms with Crippen LogP contribution in [0.25, 0.3) is 11.1 Å². The van der Waals surface area contributed by atoms with Crippen LogP contribution in [0.1, 0.15) is 57.5 Å². The van der Waals surface area contributed by atoms with Gasteiger partial charge in [0.15, 0.2) is 0 Å². The van der Waals surface area contributed by atoms with E-state index in [2.05, 4.69) is 73.7 Å². The molecule has 4 amide bonds. The van der Waals surface area contributed by atoms with Crippen LogP contribution in [0.4, 0.5) is 34.5 Å². The molecule has 0 saturated carbocycles. The van der Waals surface area contributed by atoms with E-state index >= 15 is 0 Å². The van der Waals surface area contributed by atoms with E-state index in [0.29, 0.717) is 50.8 Å². The van der Waals surface area contributed by atoms with Crippen LogP contribution in [0.2, 0.25) is 0 Å². The highest BCUT2D eigenvalue weighted by molar-refractivity contribution is 9.10. The molecule has 4 saturated heterocycles. The van der Waals surface area contributed by atoms with Crippen molar-refractivity contribution < 1.29 is 28.5 Å². The molecular formula is C51H60BrN12O6P. The summed E-state index contributed by atoms with van der Waals surface area (Å²) in [7, 11) is 0.963. The number of methoxy groups -OCH3 is 1. The van der Waals surface area contributed by atoms with Crippen molar-refractivity contribution in [3.63, 3.8) is 0 Å². The molecule has 0 aliphatic carbocycles. The summed E-state index contributed by atoms with van der Waals surface area (Å²) in [6.07, 6.45) is 8.12. The molecule has 10 rings (SSSR count). The summed E-state index contributed by atoms with van der Waals surface area (Å²) >= 11 is 3.62. The lowest BCUT2D eigenvalue weighted by Gasteiger charge is -2.49. The summed E-state index contributed by atoms with van der Waals surface area (Å²) < 4.78 is 22.0. The van der Waals surface area contributed by atoms with Crippen LogP contribution in [0, 0.1) is 19.8 Å². The summed E-state index contributed by atoms with van der Waals surface area (Å²) in [6, 6.07) is 13.0. The minimum Gasteiger partial charge on any atom is -0.494 e. The number of hydrogen-bond acceptors (Lipinski definition) is 15. The quantitative estimate of drug-likeness (QED) is 0.0902. The normalized spacial score (nSPS) is 19.5. The Labute approximate surface area is 422 Å². The number of piperazine rings is 1. The number of benzene rings is 3. The maximum Gasteiger partial charge on any atom is 0.262 e. The lowest BCUT2D eigenvalue weighted by molar-refractivity contribution is -0.136. The van der Waals surface area contributed by atoms with Gasteiger partial charge in [0.1, 0.15) is 24.8 Å². The zero-order valence-electron chi connectivity index (χ0n) is 41.0. The van der Waals surface area contributed by atoms with Crippen molar-refractivity contribution >= 4 is 86.5 Å². The Balaban J connectivity index is 0.747. The molecule has 0 spiro atoms. The predicted molar refractivity (Wildman–Crippen MR) is 279 cm³/mol. The number of amides is 4. The third-order valence-corrected chi connectivity index (χ3v) is 17.1. The topological polar surface area (TPSA) is 190 Å². The van der Waals surface area contributed by atoms with Gasteiger partial charge in [-0.05, 0) is 123 Å². The van der Waals surface area contributed by atoms with Crippen molar-refractivity contribution in [2.24, 2.45) is 13.0 Å². The molecule has 5 aliphatic heterocycles.